The van der Waals surface area contributed by atoms with Crippen molar-refractivity contribution < 1.29 is 24.9 Å². The second kappa shape index (κ2) is 6.05. The van der Waals surface area contributed by atoms with Crippen molar-refractivity contribution in [3.05, 3.63) is 11.6 Å². The Morgan fingerprint density at radius 3 is 2.57 bits per heavy atom. The number of cyclic esters (lactones) is 1. The minimum atomic E-state index is -0.906. The van der Waals surface area contributed by atoms with E-state index >= 15 is 0 Å². The second-order valence-electron chi connectivity index (χ2n) is 10.9. The third kappa shape index (κ3) is 2.33. The lowest BCUT2D eigenvalue weighted by molar-refractivity contribution is -0.208. The third-order valence-electron chi connectivity index (χ3n) is 9.92. The summed E-state index contributed by atoms with van der Waals surface area (Å²) < 4.78 is 5.14. The van der Waals surface area contributed by atoms with E-state index in [-0.39, 0.29) is 35.9 Å². The van der Waals surface area contributed by atoms with Crippen LogP contribution in [0, 0.1) is 34.5 Å². The van der Waals surface area contributed by atoms with Gasteiger partial charge < -0.3 is 20.1 Å². The molecule has 5 aliphatic rings. The van der Waals surface area contributed by atoms with Gasteiger partial charge in [-0.25, -0.2) is 4.79 Å². The van der Waals surface area contributed by atoms with Gasteiger partial charge in [0, 0.05) is 23.8 Å². The summed E-state index contributed by atoms with van der Waals surface area (Å²) in [6.45, 7) is 4.77. The Bertz CT molecular complexity index is 718. The number of aliphatic hydroxyl groups excluding tert-OH is 2. The summed E-state index contributed by atoms with van der Waals surface area (Å²) in [4.78, 5) is 11.7. The van der Waals surface area contributed by atoms with Gasteiger partial charge in [-0.1, -0.05) is 13.8 Å². The largest absolute Gasteiger partial charge is 0.458 e. The van der Waals surface area contributed by atoms with Crippen molar-refractivity contribution in [1.29, 1.82) is 0 Å². The molecule has 4 saturated carbocycles. The van der Waals surface area contributed by atoms with Gasteiger partial charge in [0.2, 0.25) is 0 Å². The van der Waals surface area contributed by atoms with E-state index in [1.165, 1.54) is 6.08 Å². The lowest BCUT2D eigenvalue weighted by Gasteiger charge is -2.63. The molecule has 1 heterocycles. The maximum Gasteiger partial charge on any atom is 0.331 e. The van der Waals surface area contributed by atoms with Crippen LogP contribution >= 0.6 is 0 Å². The first-order valence-electron chi connectivity index (χ1n) is 11.1. The molecule has 5 nitrogen and oxygen atoms in total. The number of aliphatic hydroxyl groups is 3. The van der Waals surface area contributed by atoms with Crippen LogP contribution in [0.2, 0.25) is 0 Å². The zero-order chi connectivity index (χ0) is 19.9. The summed E-state index contributed by atoms with van der Waals surface area (Å²) in [7, 11) is 0. The molecular formula is C23H34O5. The normalized spacial score (nSPS) is 55.8. The van der Waals surface area contributed by atoms with Gasteiger partial charge >= 0.3 is 5.97 Å². The molecular weight excluding hydrogens is 356 g/mol. The van der Waals surface area contributed by atoms with Crippen molar-refractivity contribution in [2.45, 2.75) is 83.0 Å². The summed E-state index contributed by atoms with van der Waals surface area (Å²) in [6, 6.07) is 0. The predicted molar refractivity (Wildman–Crippen MR) is 103 cm³/mol. The topological polar surface area (TPSA) is 87.0 Å². The van der Waals surface area contributed by atoms with Crippen molar-refractivity contribution in [3.8, 4) is 0 Å². The van der Waals surface area contributed by atoms with Gasteiger partial charge in [-0.15, -0.1) is 0 Å². The first kappa shape index (κ1) is 19.1. The van der Waals surface area contributed by atoms with Crippen molar-refractivity contribution in [2.24, 2.45) is 34.5 Å². The van der Waals surface area contributed by atoms with E-state index in [0.29, 0.717) is 18.3 Å². The molecule has 0 amide bonds. The number of carbonyl (C=O) groups excluding carboxylic acids is 1. The van der Waals surface area contributed by atoms with E-state index in [1.807, 2.05) is 0 Å². The highest BCUT2D eigenvalue weighted by Crippen LogP contribution is 2.69. The van der Waals surface area contributed by atoms with Crippen LogP contribution in [0.15, 0.2) is 11.6 Å². The molecule has 0 saturated heterocycles. The van der Waals surface area contributed by atoms with Crippen LogP contribution in [0.25, 0.3) is 0 Å². The number of rotatable bonds is 1. The fraction of sp³-hybridized carbons (Fsp3) is 0.870. The van der Waals surface area contributed by atoms with Gasteiger partial charge in [0.15, 0.2) is 0 Å². The van der Waals surface area contributed by atoms with Gasteiger partial charge in [-0.05, 0) is 73.7 Å². The van der Waals surface area contributed by atoms with Crippen LogP contribution in [-0.4, -0.2) is 45.7 Å². The van der Waals surface area contributed by atoms with E-state index in [0.717, 1.165) is 50.5 Å². The Hall–Kier alpha value is -0.910. The highest BCUT2D eigenvalue weighted by molar-refractivity contribution is 5.85. The van der Waals surface area contributed by atoms with Gasteiger partial charge in [0.05, 0.1) is 17.8 Å². The first-order valence-corrected chi connectivity index (χ1v) is 11.1. The molecule has 0 spiro atoms. The van der Waals surface area contributed by atoms with E-state index < -0.39 is 17.1 Å². The highest BCUT2D eigenvalue weighted by atomic mass is 16.5. The highest BCUT2D eigenvalue weighted by Gasteiger charge is 2.70. The Balaban J connectivity index is 1.50. The molecule has 4 fully saturated rings. The molecule has 5 heteroatoms. The average molecular weight is 391 g/mol. The monoisotopic (exact) mass is 390 g/mol. The Morgan fingerprint density at radius 1 is 1.07 bits per heavy atom. The average Bonchev–Trinajstić information content (AvgIpc) is 3.13. The van der Waals surface area contributed by atoms with Crippen molar-refractivity contribution in [1.82, 2.24) is 0 Å². The van der Waals surface area contributed by atoms with Crippen molar-refractivity contribution in [2.75, 3.05) is 6.61 Å². The Morgan fingerprint density at radius 2 is 1.86 bits per heavy atom. The Kier molecular flexibility index (Phi) is 4.12. The molecule has 0 radical (unpaired) electrons. The second-order valence-corrected chi connectivity index (χ2v) is 10.9. The molecule has 5 rings (SSSR count). The lowest BCUT2D eigenvalue weighted by atomic mass is 9.43. The number of carbonyl (C=O) groups is 1. The number of esters is 1. The molecule has 9 atom stereocenters. The van der Waals surface area contributed by atoms with Crippen LogP contribution in [0.3, 0.4) is 0 Å². The van der Waals surface area contributed by atoms with Gasteiger partial charge in [0.1, 0.15) is 6.61 Å². The number of ether oxygens (including phenoxy) is 1. The molecule has 4 aliphatic carbocycles. The molecule has 0 unspecified atom stereocenters. The molecule has 3 N–H and O–H groups in total. The summed E-state index contributed by atoms with van der Waals surface area (Å²) in [5.41, 5.74) is -0.301. The fourth-order valence-corrected chi connectivity index (χ4v) is 8.47. The molecule has 1 aliphatic heterocycles. The minimum Gasteiger partial charge on any atom is -0.458 e. The van der Waals surface area contributed by atoms with Crippen LogP contribution in [0.5, 0.6) is 0 Å². The van der Waals surface area contributed by atoms with Crippen LogP contribution in [-0.2, 0) is 9.53 Å². The zero-order valence-corrected chi connectivity index (χ0v) is 17.1. The summed E-state index contributed by atoms with van der Waals surface area (Å²) in [6.07, 6.45) is 7.87. The number of hydrogen-bond acceptors (Lipinski definition) is 5. The number of fused-ring (bicyclic) bond motifs is 5. The smallest absolute Gasteiger partial charge is 0.331 e. The van der Waals surface area contributed by atoms with E-state index in [1.54, 1.807) is 0 Å². The fourth-order valence-electron chi connectivity index (χ4n) is 8.47. The molecule has 28 heavy (non-hydrogen) atoms. The molecule has 0 aromatic heterocycles. The summed E-state index contributed by atoms with van der Waals surface area (Å²) >= 11 is 0. The SMILES string of the molecule is C[C@]12CC[C@H](O)C[C@@H]1CC[C@@H]1[C@@H]2CC[C@]2(C)[C@H](C3=CC(=O)OC3)[C@H](O)C[C@]12O. The quantitative estimate of drug-likeness (QED) is 0.599. The van der Waals surface area contributed by atoms with Gasteiger partial charge in [0.25, 0.3) is 0 Å². The standard InChI is InChI=1S/C23H34O5/c1-21-7-5-15(24)10-14(21)3-4-17-16(21)6-8-22(2)20(13-9-19(26)28-12-13)18(25)11-23(17,22)27/h9,14-18,20,24-25,27H,3-8,10-12H2,1-2H3/t14-,15-,16-,17+,18+,20+,21-,22+,23-/m0/s1. The van der Waals surface area contributed by atoms with Gasteiger partial charge in [-0.2, -0.15) is 0 Å². The van der Waals surface area contributed by atoms with E-state index in [2.05, 4.69) is 13.8 Å². The molecule has 0 aromatic carbocycles. The van der Waals surface area contributed by atoms with Crippen molar-refractivity contribution in [3.63, 3.8) is 0 Å². The molecule has 0 aromatic rings. The number of hydrogen-bond donors (Lipinski definition) is 3. The molecule has 156 valence electrons. The summed E-state index contributed by atoms with van der Waals surface area (Å²) in [5, 5.41) is 33.3. The third-order valence-corrected chi connectivity index (χ3v) is 9.92. The predicted octanol–water partition coefficient (Wildman–Crippen LogP) is 2.58. The molecule has 0 bridgehead atoms. The van der Waals surface area contributed by atoms with Crippen LogP contribution in [0.4, 0.5) is 0 Å². The zero-order valence-electron chi connectivity index (χ0n) is 17.1. The summed E-state index contributed by atoms with van der Waals surface area (Å²) in [5.74, 6) is 0.627. The van der Waals surface area contributed by atoms with Crippen molar-refractivity contribution >= 4 is 5.97 Å². The van der Waals surface area contributed by atoms with E-state index in [9.17, 15) is 20.1 Å². The maximum atomic E-state index is 12.1. The van der Waals surface area contributed by atoms with Crippen LogP contribution in [0.1, 0.15) is 65.2 Å². The van der Waals surface area contributed by atoms with Gasteiger partial charge in [-0.3, -0.25) is 0 Å². The maximum absolute atomic E-state index is 12.1. The minimum absolute atomic E-state index is 0.170. The lowest BCUT2D eigenvalue weighted by Crippen LogP contribution is -2.62. The van der Waals surface area contributed by atoms with E-state index in [4.69, 9.17) is 4.74 Å². The Labute approximate surface area is 167 Å². The van der Waals surface area contributed by atoms with Crippen LogP contribution < -0.4 is 0 Å². The first-order chi connectivity index (χ1) is 13.2.